The van der Waals surface area contributed by atoms with Crippen molar-refractivity contribution in [1.82, 2.24) is 10.2 Å². The number of hydrogen-bond donors (Lipinski definition) is 1. The van der Waals surface area contributed by atoms with Gasteiger partial charge in [0.15, 0.2) is 5.79 Å². The smallest absolute Gasteiger partial charge is 0.237 e. The largest absolute Gasteiger partial charge is 0.352 e. The second-order valence-electron chi connectivity index (χ2n) is 6.31. The molecule has 1 N–H and O–H groups in total. The Morgan fingerprint density at radius 2 is 1.80 bits per heavy atom. The molecule has 3 aliphatic rings. The van der Waals surface area contributed by atoms with Gasteiger partial charge in [0.25, 0.3) is 0 Å². The van der Waals surface area contributed by atoms with E-state index < -0.39 is 0 Å². The Bertz CT molecular complexity index is 339. The SMILES string of the molecule is C[C@H](C(=O)NC1CCCC1)N1CCC2(CC1)OCCO2. The van der Waals surface area contributed by atoms with Crippen molar-refractivity contribution in [3.05, 3.63) is 0 Å². The predicted molar refractivity (Wildman–Crippen MR) is 75.3 cm³/mol. The first-order valence-corrected chi connectivity index (χ1v) is 8.01. The zero-order valence-electron chi connectivity index (χ0n) is 12.4. The first-order valence-electron chi connectivity index (χ1n) is 8.01. The lowest BCUT2D eigenvalue weighted by Gasteiger charge is -2.39. The number of amides is 1. The molecule has 1 aliphatic carbocycles. The van der Waals surface area contributed by atoms with Gasteiger partial charge in [-0.25, -0.2) is 0 Å². The molecule has 2 aliphatic heterocycles. The number of nitrogens with one attached hydrogen (secondary N) is 1. The second-order valence-corrected chi connectivity index (χ2v) is 6.31. The summed E-state index contributed by atoms with van der Waals surface area (Å²) in [5, 5.41) is 3.19. The molecule has 20 heavy (non-hydrogen) atoms. The third-order valence-electron chi connectivity index (χ3n) is 5.00. The summed E-state index contributed by atoms with van der Waals surface area (Å²) in [6.07, 6.45) is 6.52. The zero-order chi connectivity index (χ0) is 14.0. The van der Waals surface area contributed by atoms with E-state index in [1.54, 1.807) is 0 Å². The van der Waals surface area contributed by atoms with E-state index in [4.69, 9.17) is 9.47 Å². The third kappa shape index (κ3) is 3.00. The molecule has 0 aromatic carbocycles. The first kappa shape index (κ1) is 14.3. The molecule has 3 rings (SSSR count). The van der Waals surface area contributed by atoms with Gasteiger partial charge in [0.05, 0.1) is 19.3 Å². The van der Waals surface area contributed by atoms with Gasteiger partial charge in [-0.15, -0.1) is 0 Å². The highest BCUT2D eigenvalue weighted by Crippen LogP contribution is 2.31. The van der Waals surface area contributed by atoms with Crippen LogP contribution in [-0.4, -0.2) is 55.0 Å². The van der Waals surface area contributed by atoms with E-state index in [-0.39, 0.29) is 17.7 Å². The van der Waals surface area contributed by atoms with Gasteiger partial charge in [-0.3, -0.25) is 9.69 Å². The monoisotopic (exact) mass is 282 g/mol. The lowest BCUT2D eigenvalue weighted by Crippen LogP contribution is -2.53. The van der Waals surface area contributed by atoms with Crippen molar-refractivity contribution in [3.8, 4) is 0 Å². The summed E-state index contributed by atoms with van der Waals surface area (Å²) in [5.74, 6) is -0.167. The molecule has 1 saturated carbocycles. The zero-order valence-corrected chi connectivity index (χ0v) is 12.4. The summed E-state index contributed by atoms with van der Waals surface area (Å²) in [6, 6.07) is 0.358. The van der Waals surface area contributed by atoms with Crippen LogP contribution in [0.25, 0.3) is 0 Å². The molecule has 114 valence electrons. The topological polar surface area (TPSA) is 50.8 Å². The van der Waals surface area contributed by atoms with E-state index in [9.17, 15) is 4.79 Å². The van der Waals surface area contributed by atoms with Crippen LogP contribution in [0.3, 0.4) is 0 Å². The van der Waals surface area contributed by atoms with Crippen molar-refractivity contribution in [2.24, 2.45) is 0 Å². The molecule has 1 amide bonds. The Balaban J connectivity index is 1.47. The minimum atomic E-state index is -0.349. The fourth-order valence-corrected chi connectivity index (χ4v) is 3.60. The summed E-state index contributed by atoms with van der Waals surface area (Å²) in [6.45, 7) is 5.17. The van der Waals surface area contributed by atoms with Gasteiger partial charge in [-0.05, 0) is 19.8 Å². The van der Waals surface area contributed by atoms with Gasteiger partial charge < -0.3 is 14.8 Å². The average Bonchev–Trinajstić information content (AvgIpc) is 3.11. The molecule has 1 atom stereocenters. The predicted octanol–water partition coefficient (Wildman–Crippen LogP) is 1.27. The lowest BCUT2D eigenvalue weighted by molar-refractivity contribution is -0.188. The molecule has 2 heterocycles. The van der Waals surface area contributed by atoms with Gasteiger partial charge in [0.2, 0.25) is 5.91 Å². The summed E-state index contributed by atoms with van der Waals surface area (Å²) in [5.41, 5.74) is 0. The maximum Gasteiger partial charge on any atom is 0.237 e. The fraction of sp³-hybridized carbons (Fsp3) is 0.933. The highest BCUT2D eigenvalue weighted by Gasteiger charge is 2.41. The molecule has 1 spiro atoms. The van der Waals surface area contributed by atoms with Crippen LogP contribution in [0, 0.1) is 0 Å². The molecule has 0 aromatic heterocycles. The Morgan fingerprint density at radius 3 is 2.40 bits per heavy atom. The van der Waals surface area contributed by atoms with E-state index in [0.717, 1.165) is 38.8 Å². The maximum atomic E-state index is 12.3. The summed E-state index contributed by atoms with van der Waals surface area (Å²) >= 11 is 0. The highest BCUT2D eigenvalue weighted by molar-refractivity contribution is 5.81. The molecular weight excluding hydrogens is 256 g/mol. The van der Waals surface area contributed by atoms with Crippen LogP contribution in [0.4, 0.5) is 0 Å². The summed E-state index contributed by atoms with van der Waals surface area (Å²) < 4.78 is 11.5. The normalized spacial score (nSPS) is 28.9. The summed E-state index contributed by atoms with van der Waals surface area (Å²) in [4.78, 5) is 14.5. The Labute approximate surface area is 121 Å². The van der Waals surface area contributed by atoms with Crippen molar-refractivity contribution in [2.75, 3.05) is 26.3 Å². The van der Waals surface area contributed by atoms with Crippen LogP contribution in [-0.2, 0) is 14.3 Å². The highest BCUT2D eigenvalue weighted by atomic mass is 16.7. The number of likely N-dealkylation sites (tertiary alicyclic amines) is 1. The van der Waals surface area contributed by atoms with Crippen LogP contribution in [0.1, 0.15) is 45.4 Å². The molecule has 0 unspecified atom stereocenters. The number of hydrogen-bond acceptors (Lipinski definition) is 4. The first-order chi connectivity index (χ1) is 9.69. The van der Waals surface area contributed by atoms with E-state index >= 15 is 0 Å². The maximum absolute atomic E-state index is 12.3. The second kappa shape index (κ2) is 6.00. The Hall–Kier alpha value is -0.650. The minimum Gasteiger partial charge on any atom is -0.352 e. The molecule has 0 bridgehead atoms. The molecule has 2 saturated heterocycles. The lowest BCUT2D eigenvalue weighted by atomic mass is 10.0. The third-order valence-corrected chi connectivity index (χ3v) is 5.00. The van der Waals surface area contributed by atoms with Crippen molar-refractivity contribution in [1.29, 1.82) is 0 Å². The number of piperidine rings is 1. The molecule has 5 nitrogen and oxygen atoms in total. The van der Waals surface area contributed by atoms with Crippen LogP contribution >= 0.6 is 0 Å². The minimum absolute atomic E-state index is 0.0469. The average molecular weight is 282 g/mol. The Morgan fingerprint density at radius 1 is 1.20 bits per heavy atom. The van der Waals surface area contributed by atoms with Crippen LogP contribution in [0.15, 0.2) is 0 Å². The van der Waals surface area contributed by atoms with Crippen LogP contribution in [0.5, 0.6) is 0 Å². The number of carbonyl (C=O) groups excluding carboxylic acids is 1. The van der Waals surface area contributed by atoms with Crippen molar-refractivity contribution < 1.29 is 14.3 Å². The van der Waals surface area contributed by atoms with E-state index in [1.807, 2.05) is 6.92 Å². The van der Waals surface area contributed by atoms with Crippen molar-refractivity contribution in [2.45, 2.75) is 63.3 Å². The van der Waals surface area contributed by atoms with Gasteiger partial charge in [0, 0.05) is 32.0 Å². The summed E-state index contributed by atoms with van der Waals surface area (Å²) in [7, 11) is 0. The van der Waals surface area contributed by atoms with E-state index in [1.165, 1.54) is 12.8 Å². The van der Waals surface area contributed by atoms with Gasteiger partial charge in [-0.2, -0.15) is 0 Å². The molecule has 3 fully saturated rings. The van der Waals surface area contributed by atoms with Crippen molar-refractivity contribution in [3.63, 3.8) is 0 Å². The number of rotatable bonds is 3. The van der Waals surface area contributed by atoms with Crippen LogP contribution < -0.4 is 5.32 Å². The van der Waals surface area contributed by atoms with Gasteiger partial charge in [0.1, 0.15) is 0 Å². The van der Waals surface area contributed by atoms with Gasteiger partial charge >= 0.3 is 0 Å². The van der Waals surface area contributed by atoms with Crippen molar-refractivity contribution >= 4 is 5.91 Å². The van der Waals surface area contributed by atoms with E-state index in [2.05, 4.69) is 10.2 Å². The molecule has 5 heteroatoms. The molecule has 0 radical (unpaired) electrons. The number of carbonyl (C=O) groups is 1. The fourth-order valence-electron chi connectivity index (χ4n) is 3.60. The molecule has 0 aromatic rings. The van der Waals surface area contributed by atoms with Crippen LogP contribution in [0.2, 0.25) is 0 Å². The number of ether oxygens (including phenoxy) is 2. The Kier molecular flexibility index (Phi) is 4.29. The quantitative estimate of drug-likeness (QED) is 0.847. The van der Waals surface area contributed by atoms with Gasteiger partial charge in [-0.1, -0.05) is 12.8 Å². The standard InChI is InChI=1S/C15H26N2O3/c1-12(14(18)16-13-4-2-3-5-13)17-8-6-15(7-9-17)19-10-11-20-15/h12-13H,2-11H2,1H3,(H,16,18)/t12-/m1/s1. The number of nitrogens with zero attached hydrogens (tertiary/aromatic N) is 1. The molecular formula is C15H26N2O3. The van der Waals surface area contributed by atoms with E-state index in [0.29, 0.717) is 19.3 Å².